The van der Waals surface area contributed by atoms with Crippen molar-refractivity contribution in [2.24, 2.45) is 0 Å². The molecule has 6 heteroatoms. The molecular weight excluding hydrogens is 779 g/mol. The lowest BCUT2D eigenvalue weighted by Crippen LogP contribution is -2.46. The minimum Gasteiger partial charge on any atom is -0.462 e. The molecule has 0 aliphatic rings. The molecule has 0 aromatic carbocycles. The molecule has 0 spiro atoms. The van der Waals surface area contributed by atoms with Crippen LogP contribution in [0.25, 0.3) is 0 Å². The van der Waals surface area contributed by atoms with Crippen LogP contribution in [0.1, 0.15) is 252 Å². The second-order valence-electron chi connectivity index (χ2n) is 17.9. The number of nitrogens with one attached hydrogen (secondary N) is 1. The number of hydrogen-bond acceptors (Lipinski definition) is 5. The molecule has 0 saturated heterocycles. The lowest BCUT2D eigenvalue weighted by Gasteiger charge is -2.24. The fraction of sp³-hybridized carbons (Fsp3) is 0.754. The van der Waals surface area contributed by atoms with E-state index in [1.807, 2.05) is 0 Å². The molecule has 3 N–H and O–H groups in total. The van der Waals surface area contributed by atoms with Gasteiger partial charge in [0.2, 0.25) is 5.91 Å². The summed E-state index contributed by atoms with van der Waals surface area (Å²) in [6, 6.07) is -0.723. The molecule has 0 rings (SSSR count). The van der Waals surface area contributed by atoms with E-state index in [2.05, 4.69) is 99.0 Å². The average molecular weight is 880 g/mol. The van der Waals surface area contributed by atoms with E-state index in [1.165, 1.54) is 109 Å². The molecule has 63 heavy (non-hydrogen) atoms. The fourth-order valence-electron chi connectivity index (χ4n) is 7.82. The summed E-state index contributed by atoms with van der Waals surface area (Å²) in [5.41, 5.74) is 0. The molecule has 0 fully saturated rings. The van der Waals surface area contributed by atoms with Crippen molar-refractivity contribution in [2.45, 2.75) is 270 Å². The Kier molecular flexibility index (Phi) is 48.1. The molecule has 0 aromatic rings. The van der Waals surface area contributed by atoms with Crippen molar-refractivity contribution >= 4 is 11.9 Å². The van der Waals surface area contributed by atoms with E-state index in [-0.39, 0.29) is 24.9 Å². The fourth-order valence-corrected chi connectivity index (χ4v) is 7.82. The second-order valence-corrected chi connectivity index (χ2v) is 17.9. The van der Waals surface area contributed by atoms with Crippen LogP contribution in [0.4, 0.5) is 0 Å². The van der Waals surface area contributed by atoms with Gasteiger partial charge in [0.25, 0.3) is 0 Å². The Morgan fingerprint density at radius 3 is 1.33 bits per heavy atom. The third kappa shape index (κ3) is 45.7. The van der Waals surface area contributed by atoms with E-state index >= 15 is 0 Å². The maximum Gasteiger partial charge on any atom is 0.306 e. The van der Waals surface area contributed by atoms with Crippen LogP contribution in [0, 0.1) is 0 Å². The van der Waals surface area contributed by atoms with Crippen LogP contribution >= 0.6 is 0 Å². The summed E-state index contributed by atoms with van der Waals surface area (Å²) in [7, 11) is 0. The number of unbranched alkanes of at least 4 members (excludes halogenated alkanes) is 23. The monoisotopic (exact) mass is 880 g/mol. The first-order valence-corrected chi connectivity index (χ1v) is 26.7. The largest absolute Gasteiger partial charge is 0.462 e. The van der Waals surface area contributed by atoms with Gasteiger partial charge in [-0.15, -0.1) is 0 Å². The maximum absolute atomic E-state index is 13.2. The molecule has 0 aromatic heterocycles. The Bertz CT molecular complexity index is 1170. The first-order valence-electron chi connectivity index (χ1n) is 26.7. The van der Waals surface area contributed by atoms with Gasteiger partial charge < -0.3 is 20.3 Å². The highest BCUT2D eigenvalue weighted by Crippen LogP contribution is 2.17. The second kappa shape index (κ2) is 50.3. The molecule has 6 nitrogen and oxygen atoms in total. The summed E-state index contributed by atoms with van der Waals surface area (Å²) in [6.45, 7) is 6.26. The summed E-state index contributed by atoms with van der Waals surface area (Å²) in [5, 5.41) is 23.8. The van der Waals surface area contributed by atoms with E-state index < -0.39 is 18.2 Å². The first kappa shape index (κ1) is 60.3. The van der Waals surface area contributed by atoms with Crippen molar-refractivity contribution in [1.82, 2.24) is 5.32 Å². The SMILES string of the molecule is CC/C=C/C/C=C/C/C=C/C/C=C/CCCC(CC(=O)NC(CO)C(O)CCCCCCCCCCCCCCCCCC)OC(=O)CCCCCCCCC/C=C/C/C=C/CC. The minimum absolute atomic E-state index is 0.0346. The number of allylic oxidation sites excluding steroid dienone is 12. The lowest BCUT2D eigenvalue weighted by atomic mass is 10.0. The lowest BCUT2D eigenvalue weighted by molar-refractivity contribution is -0.151. The van der Waals surface area contributed by atoms with Gasteiger partial charge >= 0.3 is 5.97 Å². The average Bonchev–Trinajstić information content (AvgIpc) is 3.28. The predicted molar refractivity (Wildman–Crippen MR) is 273 cm³/mol. The van der Waals surface area contributed by atoms with Gasteiger partial charge in [-0.25, -0.2) is 0 Å². The number of amides is 1. The van der Waals surface area contributed by atoms with Crippen molar-refractivity contribution in [1.29, 1.82) is 0 Å². The minimum atomic E-state index is -0.806. The Morgan fingerprint density at radius 1 is 0.476 bits per heavy atom. The number of aliphatic hydroxyl groups is 2. The van der Waals surface area contributed by atoms with Crippen LogP contribution in [-0.4, -0.2) is 46.9 Å². The quantitative estimate of drug-likeness (QED) is 0.0321. The van der Waals surface area contributed by atoms with Crippen LogP contribution in [0.5, 0.6) is 0 Å². The third-order valence-electron chi connectivity index (χ3n) is 11.8. The molecule has 0 aliphatic carbocycles. The zero-order valence-corrected chi connectivity index (χ0v) is 41.4. The van der Waals surface area contributed by atoms with Crippen molar-refractivity contribution in [2.75, 3.05) is 6.61 Å². The Hall–Kier alpha value is -2.70. The third-order valence-corrected chi connectivity index (χ3v) is 11.8. The van der Waals surface area contributed by atoms with Gasteiger partial charge in [-0.05, 0) is 83.5 Å². The molecule has 1 amide bonds. The highest BCUT2D eigenvalue weighted by Gasteiger charge is 2.24. The number of esters is 1. The van der Waals surface area contributed by atoms with E-state index in [9.17, 15) is 19.8 Å². The Balaban J connectivity index is 4.62. The van der Waals surface area contributed by atoms with Crippen LogP contribution in [-0.2, 0) is 14.3 Å². The summed E-state index contributed by atoms with van der Waals surface area (Å²) >= 11 is 0. The highest BCUT2D eigenvalue weighted by atomic mass is 16.5. The number of hydrogen-bond donors (Lipinski definition) is 3. The van der Waals surface area contributed by atoms with Crippen LogP contribution in [0.15, 0.2) is 72.9 Å². The van der Waals surface area contributed by atoms with E-state index in [0.29, 0.717) is 19.3 Å². The smallest absolute Gasteiger partial charge is 0.306 e. The number of carbonyl (C=O) groups excluding carboxylic acids is 2. The van der Waals surface area contributed by atoms with Crippen molar-refractivity contribution < 1.29 is 24.5 Å². The number of carbonyl (C=O) groups is 2. The Morgan fingerprint density at radius 2 is 0.873 bits per heavy atom. The zero-order chi connectivity index (χ0) is 45.9. The standard InChI is InChI=1S/C57H101NO5/c1-4-7-10-13-16-19-22-25-28-29-31-34-37-40-43-46-49-55(60)54(52-59)58-56(61)51-53(48-45-42-39-36-33-30-26-23-20-17-14-11-8-5-2)63-57(62)50-47-44-41-38-35-32-27-24-21-18-15-12-9-6-3/h8-9,11-12,17-18,20-21,26,30,36,39,53-55,59-60H,4-7,10,13-16,19,22-25,27-29,31-35,37-38,40-52H2,1-3H3,(H,58,61)/b11-8+,12-9+,20-17+,21-18+,30-26+,39-36+. The summed E-state index contributed by atoms with van der Waals surface area (Å²) in [6.07, 6.45) is 64.0. The van der Waals surface area contributed by atoms with Gasteiger partial charge in [0, 0.05) is 6.42 Å². The molecule has 3 atom stereocenters. The van der Waals surface area contributed by atoms with Gasteiger partial charge in [0.1, 0.15) is 6.10 Å². The summed E-state index contributed by atoms with van der Waals surface area (Å²) in [5.74, 6) is -0.537. The van der Waals surface area contributed by atoms with Crippen molar-refractivity contribution in [3.05, 3.63) is 72.9 Å². The van der Waals surface area contributed by atoms with E-state index in [1.54, 1.807) is 0 Å². The predicted octanol–water partition coefficient (Wildman–Crippen LogP) is 16.2. The van der Waals surface area contributed by atoms with Crippen molar-refractivity contribution in [3.8, 4) is 0 Å². The van der Waals surface area contributed by atoms with Gasteiger partial charge in [-0.2, -0.15) is 0 Å². The Labute approximate surface area is 390 Å². The van der Waals surface area contributed by atoms with Gasteiger partial charge in [-0.3, -0.25) is 9.59 Å². The number of rotatable bonds is 47. The normalized spacial score (nSPS) is 13.8. The maximum atomic E-state index is 13.2. The molecular formula is C57H101NO5. The van der Waals surface area contributed by atoms with Crippen LogP contribution in [0.3, 0.4) is 0 Å². The number of ether oxygens (including phenoxy) is 1. The molecule has 0 bridgehead atoms. The molecule has 0 heterocycles. The zero-order valence-electron chi connectivity index (χ0n) is 41.4. The van der Waals surface area contributed by atoms with Gasteiger partial charge in [0.05, 0.1) is 25.2 Å². The highest BCUT2D eigenvalue weighted by molar-refractivity contribution is 5.77. The van der Waals surface area contributed by atoms with Crippen molar-refractivity contribution in [3.63, 3.8) is 0 Å². The van der Waals surface area contributed by atoms with Gasteiger partial charge in [0.15, 0.2) is 0 Å². The van der Waals surface area contributed by atoms with E-state index in [4.69, 9.17) is 4.74 Å². The molecule has 364 valence electrons. The molecule has 0 saturated carbocycles. The van der Waals surface area contributed by atoms with E-state index in [0.717, 1.165) is 96.3 Å². The first-order chi connectivity index (χ1) is 31.0. The molecule has 3 unspecified atom stereocenters. The molecule has 0 radical (unpaired) electrons. The van der Waals surface area contributed by atoms with Crippen LogP contribution < -0.4 is 5.32 Å². The van der Waals surface area contributed by atoms with Gasteiger partial charge in [-0.1, -0.05) is 229 Å². The topological polar surface area (TPSA) is 95.9 Å². The van der Waals surface area contributed by atoms with Crippen LogP contribution in [0.2, 0.25) is 0 Å². The summed E-state index contributed by atoms with van der Waals surface area (Å²) < 4.78 is 5.91. The molecule has 0 aliphatic heterocycles. The summed E-state index contributed by atoms with van der Waals surface area (Å²) in [4.78, 5) is 26.2. The number of aliphatic hydroxyl groups excluding tert-OH is 2.